The molecule has 0 aliphatic carbocycles. The number of rotatable bonds is 7. The average Bonchev–Trinajstić information content (AvgIpc) is 3.35. The number of furan rings is 1. The molecule has 5 nitrogen and oxygen atoms in total. The van der Waals surface area contributed by atoms with E-state index in [1.165, 1.54) is 11.5 Å². The van der Waals surface area contributed by atoms with Crippen molar-refractivity contribution >= 4 is 56.5 Å². The molecule has 4 rings (SSSR count). The Morgan fingerprint density at radius 1 is 1.07 bits per heavy atom. The summed E-state index contributed by atoms with van der Waals surface area (Å²) in [5.41, 5.74) is 0.690. The predicted octanol–water partition coefficient (Wildman–Crippen LogP) is 6.10. The van der Waals surface area contributed by atoms with Crippen LogP contribution in [0.25, 0.3) is 21.4 Å². The van der Waals surface area contributed by atoms with Crippen molar-refractivity contribution in [3.63, 3.8) is 0 Å². The molecule has 0 aliphatic rings. The van der Waals surface area contributed by atoms with Crippen LogP contribution >= 0.6 is 34.7 Å². The van der Waals surface area contributed by atoms with E-state index in [0.29, 0.717) is 34.5 Å². The first kappa shape index (κ1) is 19.8. The molecule has 0 fully saturated rings. The van der Waals surface area contributed by atoms with Crippen molar-refractivity contribution in [3.8, 4) is 11.3 Å². The molecule has 0 unspecified atom stereocenters. The van der Waals surface area contributed by atoms with Crippen LogP contribution in [-0.4, -0.2) is 23.4 Å². The Labute approximate surface area is 181 Å². The molecule has 4 aromatic rings. The number of hydrogen-bond donors (Lipinski definition) is 2. The monoisotopic (exact) mass is 445 g/mol. The second-order valence-electron chi connectivity index (χ2n) is 6.35. The van der Waals surface area contributed by atoms with Crippen LogP contribution in [0.15, 0.2) is 59.0 Å². The van der Waals surface area contributed by atoms with E-state index in [0.717, 1.165) is 22.3 Å². The second-order valence-corrected chi connectivity index (χ2v) is 8.00. The smallest absolute Gasteiger partial charge is 0.287 e. The summed E-state index contributed by atoms with van der Waals surface area (Å²) in [5, 5.41) is 8.31. The van der Waals surface area contributed by atoms with Crippen LogP contribution in [0.2, 0.25) is 10.0 Å². The van der Waals surface area contributed by atoms with Gasteiger partial charge in [0.15, 0.2) is 5.76 Å². The first-order valence-corrected chi connectivity index (χ1v) is 10.6. The molecule has 0 bridgehead atoms. The maximum Gasteiger partial charge on any atom is 0.287 e. The van der Waals surface area contributed by atoms with Crippen molar-refractivity contribution in [2.75, 3.05) is 18.4 Å². The third kappa shape index (κ3) is 4.56. The van der Waals surface area contributed by atoms with E-state index >= 15 is 0 Å². The molecule has 0 radical (unpaired) electrons. The lowest BCUT2D eigenvalue weighted by atomic mass is 10.2. The fraction of sp³-hybridized carbons (Fsp3) is 0.143. The topological polar surface area (TPSA) is 67.2 Å². The number of nitrogens with zero attached hydrogens (tertiary/aromatic N) is 1. The standard InChI is InChI=1S/C21H17Cl2N3O2S/c22-13-6-7-14(16(23)12-13)17-8-9-18(28-17)21(27)25-11-3-10-24-20-15-4-1-2-5-19(15)29-26-20/h1-2,4-9,12H,3,10-11H2,(H,24,26)(H,25,27). The van der Waals surface area contributed by atoms with Gasteiger partial charge in [0.05, 0.1) is 9.72 Å². The van der Waals surface area contributed by atoms with Gasteiger partial charge in [0.25, 0.3) is 5.91 Å². The molecule has 2 heterocycles. The Hall–Kier alpha value is -2.54. The molecular formula is C21H17Cl2N3O2S. The van der Waals surface area contributed by atoms with Gasteiger partial charge in [0.2, 0.25) is 0 Å². The van der Waals surface area contributed by atoms with Crippen molar-refractivity contribution in [1.29, 1.82) is 0 Å². The van der Waals surface area contributed by atoms with Gasteiger partial charge in [-0.1, -0.05) is 35.3 Å². The summed E-state index contributed by atoms with van der Waals surface area (Å²) in [5.74, 6) is 1.38. The van der Waals surface area contributed by atoms with Crippen molar-refractivity contribution < 1.29 is 9.21 Å². The van der Waals surface area contributed by atoms with Gasteiger partial charge in [0, 0.05) is 29.1 Å². The van der Waals surface area contributed by atoms with Crippen molar-refractivity contribution in [2.45, 2.75) is 6.42 Å². The van der Waals surface area contributed by atoms with Crippen LogP contribution in [0.5, 0.6) is 0 Å². The molecule has 0 spiro atoms. The van der Waals surface area contributed by atoms with Crippen LogP contribution in [0.1, 0.15) is 17.0 Å². The molecule has 2 aromatic heterocycles. The van der Waals surface area contributed by atoms with Crippen LogP contribution in [0.4, 0.5) is 5.82 Å². The zero-order chi connectivity index (χ0) is 20.2. The Morgan fingerprint density at radius 2 is 1.93 bits per heavy atom. The molecule has 2 aromatic carbocycles. The summed E-state index contributed by atoms with van der Waals surface area (Å²) in [6.07, 6.45) is 0.758. The Bertz CT molecular complexity index is 1160. The summed E-state index contributed by atoms with van der Waals surface area (Å²) >= 11 is 13.6. The number of carbonyl (C=O) groups excluding carboxylic acids is 1. The van der Waals surface area contributed by atoms with Gasteiger partial charge in [-0.3, -0.25) is 4.79 Å². The van der Waals surface area contributed by atoms with E-state index in [1.807, 2.05) is 24.3 Å². The minimum Gasteiger partial charge on any atom is -0.451 e. The molecule has 29 heavy (non-hydrogen) atoms. The number of fused-ring (bicyclic) bond motifs is 1. The summed E-state index contributed by atoms with van der Waals surface area (Å²) in [7, 11) is 0. The number of halogens is 2. The number of benzene rings is 2. The molecule has 1 amide bonds. The lowest BCUT2D eigenvalue weighted by Crippen LogP contribution is -2.25. The lowest BCUT2D eigenvalue weighted by molar-refractivity contribution is 0.0926. The zero-order valence-electron chi connectivity index (χ0n) is 15.2. The Balaban J connectivity index is 1.27. The van der Waals surface area contributed by atoms with Crippen LogP contribution in [-0.2, 0) is 0 Å². The number of amides is 1. The van der Waals surface area contributed by atoms with Crippen LogP contribution in [0, 0.1) is 0 Å². The SMILES string of the molecule is O=C(NCCCNc1nsc2ccccc12)c1ccc(-c2ccc(Cl)cc2Cl)o1. The summed E-state index contributed by atoms with van der Waals surface area (Å²) in [6, 6.07) is 16.6. The molecular weight excluding hydrogens is 429 g/mol. The highest BCUT2D eigenvalue weighted by atomic mass is 35.5. The summed E-state index contributed by atoms with van der Waals surface area (Å²) < 4.78 is 11.2. The Morgan fingerprint density at radius 3 is 2.79 bits per heavy atom. The normalized spacial score (nSPS) is 11.0. The highest BCUT2D eigenvalue weighted by Crippen LogP contribution is 2.31. The van der Waals surface area contributed by atoms with Gasteiger partial charge in [0.1, 0.15) is 11.6 Å². The largest absolute Gasteiger partial charge is 0.451 e. The molecule has 8 heteroatoms. The van der Waals surface area contributed by atoms with Crippen LogP contribution in [0.3, 0.4) is 0 Å². The van der Waals surface area contributed by atoms with Gasteiger partial charge in [-0.25, -0.2) is 0 Å². The van der Waals surface area contributed by atoms with Gasteiger partial charge < -0.3 is 15.1 Å². The van der Waals surface area contributed by atoms with E-state index in [-0.39, 0.29) is 11.7 Å². The number of carbonyl (C=O) groups is 1. The molecule has 0 saturated heterocycles. The fourth-order valence-corrected chi connectivity index (χ4v) is 4.15. The number of aromatic nitrogens is 1. The molecule has 0 aliphatic heterocycles. The van der Waals surface area contributed by atoms with E-state index < -0.39 is 0 Å². The van der Waals surface area contributed by atoms with E-state index in [2.05, 4.69) is 15.0 Å². The van der Waals surface area contributed by atoms with Crippen LogP contribution < -0.4 is 10.6 Å². The van der Waals surface area contributed by atoms with E-state index in [4.69, 9.17) is 27.6 Å². The highest BCUT2D eigenvalue weighted by molar-refractivity contribution is 7.13. The number of hydrogen-bond acceptors (Lipinski definition) is 5. The molecule has 148 valence electrons. The van der Waals surface area contributed by atoms with E-state index in [9.17, 15) is 4.79 Å². The lowest BCUT2D eigenvalue weighted by Gasteiger charge is -2.05. The van der Waals surface area contributed by atoms with Gasteiger partial charge >= 0.3 is 0 Å². The third-order valence-electron chi connectivity index (χ3n) is 4.34. The number of nitrogens with one attached hydrogen (secondary N) is 2. The van der Waals surface area contributed by atoms with Crippen molar-refractivity contribution in [2.24, 2.45) is 0 Å². The van der Waals surface area contributed by atoms with Gasteiger partial charge in [-0.2, -0.15) is 4.37 Å². The number of anilines is 1. The first-order valence-electron chi connectivity index (χ1n) is 9.03. The van der Waals surface area contributed by atoms with Gasteiger partial charge in [-0.05, 0) is 60.4 Å². The highest BCUT2D eigenvalue weighted by Gasteiger charge is 2.14. The summed E-state index contributed by atoms with van der Waals surface area (Å²) in [6.45, 7) is 1.23. The zero-order valence-corrected chi connectivity index (χ0v) is 17.6. The Kier molecular flexibility index (Phi) is 6.04. The molecule has 0 saturated carbocycles. The fourth-order valence-electron chi connectivity index (χ4n) is 2.89. The van der Waals surface area contributed by atoms with E-state index in [1.54, 1.807) is 30.3 Å². The minimum absolute atomic E-state index is 0.240. The quantitative estimate of drug-likeness (QED) is 0.337. The maximum absolute atomic E-state index is 12.3. The summed E-state index contributed by atoms with van der Waals surface area (Å²) in [4.78, 5) is 12.3. The van der Waals surface area contributed by atoms with Crippen molar-refractivity contribution in [3.05, 3.63) is 70.4 Å². The third-order valence-corrected chi connectivity index (χ3v) is 5.71. The maximum atomic E-state index is 12.3. The first-order chi connectivity index (χ1) is 14.1. The predicted molar refractivity (Wildman–Crippen MR) is 119 cm³/mol. The molecule has 2 N–H and O–H groups in total. The van der Waals surface area contributed by atoms with Gasteiger partial charge in [-0.15, -0.1) is 0 Å². The molecule has 0 atom stereocenters. The second kappa shape index (κ2) is 8.86. The average molecular weight is 446 g/mol. The minimum atomic E-state index is -0.263. The van der Waals surface area contributed by atoms with Crippen molar-refractivity contribution in [1.82, 2.24) is 9.69 Å².